The summed E-state index contributed by atoms with van der Waals surface area (Å²) in [6, 6.07) is 8.66. The number of benzene rings is 1. The van der Waals surface area contributed by atoms with Crippen LogP contribution >= 0.6 is 0 Å². The average molecular weight is 333 g/mol. The monoisotopic (exact) mass is 332 g/mol. The van der Waals surface area contributed by atoms with Crippen LogP contribution in [-0.2, 0) is 6.42 Å². The molecule has 1 aliphatic rings. The van der Waals surface area contributed by atoms with Crippen LogP contribution in [0.2, 0.25) is 0 Å². The Balaban J connectivity index is 0.000000340. The lowest BCUT2D eigenvalue weighted by molar-refractivity contribution is 0.279. The van der Waals surface area contributed by atoms with Gasteiger partial charge < -0.3 is 0 Å². The summed E-state index contributed by atoms with van der Waals surface area (Å²) in [6.45, 7) is 13.5. The summed E-state index contributed by atoms with van der Waals surface area (Å²) >= 11 is 0. The highest BCUT2D eigenvalue weighted by molar-refractivity contribution is 5.20. The minimum absolute atomic E-state index is 0.935. The molecule has 0 heteroatoms. The van der Waals surface area contributed by atoms with Gasteiger partial charge in [0.2, 0.25) is 0 Å². The van der Waals surface area contributed by atoms with Crippen LogP contribution < -0.4 is 0 Å². The summed E-state index contributed by atoms with van der Waals surface area (Å²) in [5.41, 5.74) is 2.76. The second-order valence-electron chi connectivity index (χ2n) is 7.69. The van der Waals surface area contributed by atoms with Crippen LogP contribution in [0.1, 0.15) is 104 Å². The normalized spacial score (nSPS) is 14.5. The van der Waals surface area contributed by atoms with E-state index >= 15 is 0 Å². The Kier molecular flexibility index (Phi) is 15.2. The predicted octanol–water partition coefficient (Wildman–Crippen LogP) is 8.37. The Hall–Kier alpha value is -0.780. The van der Waals surface area contributed by atoms with E-state index in [-0.39, 0.29) is 0 Å². The zero-order chi connectivity index (χ0) is 18.2. The van der Waals surface area contributed by atoms with E-state index in [0.29, 0.717) is 0 Å². The third-order valence-electron chi connectivity index (χ3n) is 5.08. The minimum Gasteiger partial charge on any atom is -0.0654 e. The maximum absolute atomic E-state index is 2.36. The molecule has 0 aliphatic heterocycles. The van der Waals surface area contributed by atoms with Crippen LogP contribution in [-0.4, -0.2) is 0 Å². The molecule has 0 atom stereocenters. The molecule has 140 valence electrons. The Morgan fingerprint density at radius 2 is 1.33 bits per heavy atom. The molecule has 1 aromatic rings. The molecule has 0 amide bonds. The first kappa shape index (κ1) is 23.2. The topological polar surface area (TPSA) is 0 Å². The smallest absolute Gasteiger partial charge is 0.0307 e. The lowest BCUT2D eigenvalue weighted by Crippen LogP contribution is -2.12. The first-order valence-corrected chi connectivity index (χ1v) is 10.6. The molecule has 0 radical (unpaired) electrons. The van der Waals surface area contributed by atoms with Crippen molar-refractivity contribution in [2.75, 3.05) is 0 Å². The molecule has 1 aromatic carbocycles. The Bertz CT molecular complexity index is 350. The second-order valence-corrected chi connectivity index (χ2v) is 7.69. The fourth-order valence-electron chi connectivity index (χ4n) is 3.12. The van der Waals surface area contributed by atoms with Gasteiger partial charge in [0.25, 0.3) is 0 Å². The van der Waals surface area contributed by atoms with Crippen molar-refractivity contribution in [3.8, 4) is 0 Å². The van der Waals surface area contributed by atoms with Crippen molar-refractivity contribution in [3.63, 3.8) is 0 Å². The molecular formula is C24H44. The molecule has 0 unspecified atom stereocenters. The van der Waals surface area contributed by atoms with E-state index in [1.165, 1.54) is 68.9 Å². The molecule has 0 aromatic heterocycles. The zero-order valence-corrected chi connectivity index (χ0v) is 17.5. The summed E-state index contributed by atoms with van der Waals surface area (Å²) in [4.78, 5) is 0. The van der Waals surface area contributed by atoms with E-state index < -0.39 is 0 Å². The van der Waals surface area contributed by atoms with Gasteiger partial charge in [-0.25, -0.2) is 0 Å². The van der Waals surface area contributed by atoms with Crippen molar-refractivity contribution >= 4 is 0 Å². The van der Waals surface area contributed by atoms with E-state index in [9.17, 15) is 0 Å². The van der Waals surface area contributed by atoms with Crippen molar-refractivity contribution in [1.29, 1.82) is 0 Å². The first-order chi connectivity index (χ1) is 11.5. The van der Waals surface area contributed by atoms with Crippen LogP contribution in [0.15, 0.2) is 24.3 Å². The summed E-state index contributed by atoms with van der Waals surface area (Å²) in [5, 5.41) is 0. The fraction of sp³-hybridized carbons (Fsp3) is 0.750. The second kappa shape index (κ2) is 15.7. The van der Waals surface area contributed by atoms with Gasteiger partial charge in [-0.3, -0.25) is 0 Å². The average Bonchev–Trinajstić information content (AvgIpc) is 2.62. The molecule has 0 N–H and O–H groups in total. The highest BCUT2D eigenvalue weighted by Crippen LogP contribution is 2.29. The summed E-state index contributed by atoms with van der Waals surface area (Å²) in [5.74, 6) is 1.99. The van der Waals surface area contributed by atoms with Crippen LogP contribution in [0.3, 0.4) is 0 Å². The maximum atomic E-state index is 2.36. The Morgan fingerprint density at radius 1 is 0.833 bits per heavy atom. The fourth-order valence-corrected chi connectivity index (χ4v) is 3.12. The van der Waals surface area contributed by atoms with Crippen LogP contribution in [0.25, 0.3) is 0 Å². The Labute approximate surface area is 153 Å². The van der Waals surface area contributed by atoms with Crippen molar-refractivity contribution < 1.29 is 0 Å². The van der Waals surface area contributed by atoms with E-state index in [1.807, 2.05) is 0 Å². The number of hydrogen-bond acceptors (Lipinski definition) is 0. The number of hydrogen-bond donors (Lipinski definition) is 0. The zero-order valence-electron chi connectivity index (χ0n) is 17.5. The Morgan fingerprint density at radius 3 is 1.67 bits per heavy atom. The highest BCUT2D eigenvalue weighted by atomic mass is 14.2. The molecule has 1 saturated carbocycles. The van der Waals surface area contributed by atoms with E-state index in [0.717, 1.165) is 18.3 Å². The molecule has 0 saturated heterocycles. The molecule has 1 aliphatic carbocycles. The third kappa shape index (κ3) is 12.6. The van der Waals surface area contributed by atoms with Crippen molar-refractivity contribution in [2.45, 2.75) is 106 Å². The predicted molar refractivity (Wildman–Crippen MR) is 112 cm³/mol. The quantitative estimate of drug-likeness (QED) is 0.475. The molecular weight excluding hydrogens is 288 g/mol. The van der Waals surface area contributed by atoms with Crippen molar-refractivity contribution in [1.82, 2.24) is 0 Å². The lowest BCUT2D eigenvalue weighted by Gasteiger charge is -2.24. The minimum atomic E-state index is 0.935. The largest absolute Gasteiger partial charge is 0.0654 e. The van der Waals surface area contributed by atoms with Crippen LogP contribution in [0, 0.1) is 18.8 Å². The molecule has 24 heavy (non-hydrogen) atoms. The van der Waals surface area contributed by atoms with Gasteiger partial charge in [0.05, 0.1) is 0 Å². The van der Waals surface area contributed by atoms with E-state index in [2.05, 4.69) is 65.8 Å². The lowest BCUT2D eigenvalue weighted by atomic mass is 9.82. The highest BCUT2D eigenvalue weighted by Gasteiger charge is 2.15. The first-order valence-electron chi connectivity index (χ1n) is 10.6. The molecule has 2 rings (SSSR count). The van der Waals surface area contributed by atoms with Gasteiger partial charge in [0.15, 0.2) is 0 Å². The van der Waals surface area contributed by atoms with Gasteiger partial charge in [-0.2, -0.15) is 0 Å². The molecule has 0 bridgehead atoms. The molecule has 0 heterocycles. The standard InChI is InChI=1S/C9H18.C9H12.C6H14/c1-8(2)9-6-4-3-5-7-9;1-3-9-6-4-8(2)5-7-9;1-3-5-6-4-2/h8-9H,3-7H2,1-2H3;4-7H,3H2,1-2H3;3-6H2,1-2H3. The SMILES string of the molecule is CC(C)C1CCCCC1.CCCCCC.CCc1ccc(C)cc1. The maximum Gasteiger partial charge on any atom is -0.0307 e. The van der Waals surface area contributed by atoms with E-state index in [1.54, 1.807) is 0 Å². The van der Waals surface area contributed by atoms with Gasteiger partial charge in [0, 0.05) is 0 Å². The molecule has 0 spiro atoms. The molecule has 1 fully saturated rings. The van der Waals surface area contributed by atoms with Crippen molar-refractivity contribution in [3.05, 3.63) is 35.4 Å². The summed E-state index contributed by atoms with van der Waals surface area (Å²) in [7, 11) is 0. The van der Waals surface area contributed by atoms with E-state index in [4.69, 9.17) is 0 Å². The van der Waals surface area contributed by atoms with Gasteiger partial charge in [-0.05, 0) is 30.7 Å². The van der Waals surface area contributed by atoms with Gasteiger partial charge in [-0.1, -0.05) is 122 Å². The third-order valence-corrected chi connectivity index (χ3v) is 5.08. The van der Waals surface area contributed by atoms with Crippen LogP contribution in [0.5, 0.6) is 0 Å². The number of aryl methyl sites for hydroxylation is 2. The van der Waals surface area contributed by atoms with Crippen LogP contribution in [0.4, 0.5) is 0 Å². The number of rotatable bonds is 5. The van der Waals surface area contributed by atoms with Crippen molar-refractivity contribution in [2.24, 2.45) is 11.8 Å². The molecule has 0 nitrogen and oxygen atoms in total. The number of unbranched alkanes of at least 4 members (excludes halogenated alkanes) is 3. The van der Waals surface area contributed by atoms with Gasteiger partial charge >= 0.3 is 0 Å². The van der Waals surface area contributed by atoms with Gasteiger partial charge in [0.1, 0.15) is 0 Å². The summed E-state index contributed by atoms with van der Waals surface area (Å²) in [6.07, 6.45) is 14.1. The van der Waals surface area contributed by atoms with Gasteiger partial charge in [-0.15, -0.1) is 0 Å². The summed E-state index contributed by atoms with van der Waals surface area (Å²) < 4.78 is 0.